The van der Waals surface area contributed by atoms with Crippen LogP contribution in [0.2, 0.25) is 5.02 Å². The van der Waals surface area contributed by atoms with Gasteiger partial charge in [-0.2, -0.15) is 0 Å². The van der Waals surface area contributed by atoms with Gasteiger partial charge in [0, 0.05) is 10.6 Å². The van der Waals surface area contributed by atoms with Gasteiger partial charge in [-0.25, -0.2) is 0 Å². The maximum atomic E-state index is 12.5. The molecule has 0 aliphatic heterocycles. The highest BCUT2D eigenvalue weighted by molar-refractivity contribution is 7.18. The summed E-state index contributed by atoms with van der Waals surface area (Å²) in [5, 5.41) is 12.8. The summed E-state index contributed by atoms with van der Waals surface area (Å²) in [6.45, 7) is 3.85. The molecule has 5 nitrogen and oxygen atoms in total. The minimum Gasteiger partial charge on any atom is -0.480 e. The molecule has 1 amide bonds. The fourth-order valence-corrected chi connectivity index (χ4v) is 3.21. The van der Waals surface area contributed by atoms with E-state index >= 15 is 0 Å². The van der Waals surface area contributed by atoms with Crippen LogP contribution >= 0.6 is 22.9 Å². The first-order valence-corrected chi connectivity index (χ1v) is 9.39. The van der Waals surface area contributed by atoms with Gasteiger partial charge >= 0.3 is 0 Å². The van der Waals surface area contributed by atoms with Crippen LogP contribution in [0.1, 0.15) is 18.9 Å². The number of amides is 1. The average molecular weight is 388 g/mol. The molecule has 3 aromatic rings. The monoisotopic (exact) mass is 387 g/mol. The molecule has 0 saturated carbocycles. The van der Waals surface area contributed by atoms with Gasteiger partial charge in [0.1, 0.15) is 10.8 Å². The summed E-state index contributed by atoms with van der Waals surface area (Å²) < 4.78 is 5.86. The van der Waals surface area contributed by atoms with E-state index in [9.17, 15) is 4.79 Å². The largest absolute Gasteiger partial charge is 0.480 e. The Bertz CT molecular complexity index is 896. The van der Waals surface area contributed by atoms with Crippen LogP contribution in [0.3, 0.4) is 0 Å². The lowest BCUT2D eigenvalue weighted by molar-refractivity contribution is -0.122. The van der Waals surface area contributed by atoms with Gasteiger partial charge in [-0.1, -0.05) is 60.2 Å². The van der Waals surface area contributed by atoms with E-state index < -0.39 is 6.10 Å². The number of rotatable bonds is 6. The third-order valence-electron chi connectivity index (χ3n) is 3.77. The molecule has 0 aliphatic carbocycles. The maximum absolute atomic E-state index is 12.5. The molecule has 26 heavy (non-hydrogen) atoms. The molecule has 0 unspecified atom stereocenters. The first-order chi connectivity index (χ1) is 12.6. The molecule has 0 aliphatic rings. The van der Waals surface area contributed by atoms with E-state index in [1.165, 1.54) is 11.3 Å². The Kier molecular flexibility index (Phi) is 5.85. The van der Waals surface area contributed by atoms with Crippen LogP contribution in [0.25, 0.3) is 10.6 Å². The summed E-state index contributed by atoms with van der Waals surface area (Å²) >= 11 is 7.20. The number of aromatic nitrogens is 2. The Morgan fingerprint density at radius 1 is 1.19 bits per heavy atom. The standard InChI is InChI=1S/C19H18ClN3O2S/c1-3-15(25-16-7-5-4-6-12(16)2)17(24)21-19-23-22-18(26-19)13-8-10-14(20)11-9-13/h4-11,15H,3H2,1-2H3,(H,21,23,24)/t15-/m1/s1. The SMILES string of the molecule is CC[C@@H](Oc1ccccc1C)C(=O)Nc1nnc(-c2ccc(Cl)cc2)s1. The van der Waals surface area contributed by atoms with Crippen molar-refractivity contribution in [3.63, 3.8) is 0 Å². The van der Waals surface area contributed by atoms with Crippen LogP contribution < -0.4 is 10.1 Å². The zero-order valence-corrected chi connectivity index (χ0v) is 16.0. The molecule has 0 radical (unpaired) electrons. The van der Waals surface area contributed by atoms with Crippen LogP contribution in [0.4, 0.5) is 5.13 Å². The third-order valence-corrected chi connectivity index (χ3v) is 4.91. The zero-order valence-electron chi connectivity index (χ0n) is 14.4. The van der Waals surface area contributed by atoms with E-state index in [0.29, 0.717) is 27.3 Å². The van der Waals surface area contributed by atoms with Crippen molar-refractivity contribution in [2.24, 2.45) is 0 Å². The molecule has 1 N–H and O–H groups in total. The molecule has 2 aromatic carbocycles. The minimum atomic E-state index is -0.598. The maximum Gasteiger partial charge on any atom is 0.267 e. The van der Waals surface area contributed by atoms with Crippen LogP contribution in [-0.4, -0.2) is 22.2 Å². The molecule has 3 rings (SSSR count). The second-order valence-corrected chi connectivity index (χ2v) is 7.10. The van der Waals surface area contributed by atoms with Crippen molar-refractivity contribution in [3.8, 4) is 16.3 Å². The van der Waals surface area contributed by atoms with E-state index in [4.69, 9.17) is 16.3 Å². The van der Waals surface area contributed by atoms with E-state index in [1.54, 1.807) is 12.1 Å². The molecular formula is C19H18ClN3O2S. The topological polar surface area (TPSA) is 64.1 Å². The van der Waals surface area contributed by atoms with E-state index in [0.717, 1.165) is 11.1 Å². The highest BCUT2D eigenvalue weighted by atomic mass is 35.5. The van der Waals surface area contributed by atoms with E-state index in [1.807, 2.05) is 50.2 Å². The molecule has 1 heterocycles. The summed E-state index contributed by atoms with van der Waals surface area (Å²) in [7, 11) is 0. The van der Waals surface area contributed by atoms with Crippen LogP contribution in [0, 0.1) is 6.92 Å². The van der Waals surface area contributed by atoms with E-state index in [2.05, 4.69) is 15.5 Å². The Labute approximate surface area is 161 Å². The molecule has 0 saturated heterocycles. The fourth-order valence-electron chi connectivity index (χ4n) is 2.33. The summed E-state index contributed by atoms with van der Waals surface area (Å²) in [5.41, 5.74) is 1.88. The van der Waals surface area contributed by atoms with Crippen LogP contribution in [0.15, 0.2) is 48.5 Å². The van der Waals surface area contributed by atoms with Gasteiger partial charge in [-0.3, -0.25) is 10.1 Å². The average Bonchev–Trinajstić information content (AvgIpc) is 3.10. The number of anilines is 1. The lowest BCUT2D eigenvalue weighted by Gasteiger charge is -2.17. The summed E-state index contributed by atoms with van der Waals surface area (Å²) in [6.07, 6.45) is -0.0535. The molecule has 134 valence electrons. The number of carbonyl (C=O) groups is 1. The van der Waals surface area contributed by atoms with Crippen molar-refractivity contribution >= 4 is 34.0 Å². The first-order valence-electron chi connectivity index (χ1n) is 8.19. The Balaban J connectivity index is 1.68. The number of nitrogens with zero attached hydrogens (tertiary/aromatic N) is 2. The second-order valence-electron chi connectivity index (χ2n) is 5.69. The lowest BCUT2D eigenvalue weighted by Crippen LogP contribution is -2.32. The first kappa shape index (κ1) is 18.4. The molecule has 1 atom stereocenters. The van der Waals surface area contributed by atoms with Crippen molar-refractivity contribution in [1.82, 2.24) is 10.2 Å². The lowest BCUT2D eigenvalue weighted by atomic mass is 10.2. The van der Waals surface area contributed by atoms with Gasteiger partial charge in [0.15, 0.2) is 6.10 Å². The van der Waals surface area contributed by atoms with Crippen molar-refractivity contribution in [2.75, 3.05) is 5.32 Å². The van der Waals surface area contributed by atoms with Crippen molar-refractivity contribution < 1.29 is 9.53 Å². The van der Waals surface area contributed by atoms with Crippen molar-refractivity contribution in [2.45, 2.75) is 26.4 Å². The molecule has 7 heteroatoms. The molecular weight excluding hydrogens is 370 g/mol. The Hall–Kier alpha value is -2.44. The number of carbonyl (C=O) groups excluding carboxylic acids is 1. The highest BCUT2D eigenvalue weighted by Crippen LogP contribution is 2.27. The summed E-state index contributed by atoms with van der Waals surface area (Å²) in [6, 6.07) is 14.9. The van der Waals surface area contributed by atoms with Gasteiger partial charge in [-0.05, 0) is 37.1 Å². The number of hydrogen-bond acceptors (Lipinski definition) is 5. The van der Waals surface area contributed by atoms with E-state index in [-0.39, 0.29) is 5.91 Å². The van der Waals surface area contributed by atoms with Gasteiger partial charge < -0.3 is 4.74 Å². The third kappa shape index (κ3) is 4.39. The predicted octanol–water partition coefficient (Wildman–Crippen LogP) is 4.96. The number of para-hydroxylation sites is 1. The van der Waals surface area contributed by atoms with Crippen LogP contribution in [0.5, 0.6) is 5.75 Å². The molecule has 0 fully saturated rings. The van der Waals surface area contributed by atoms with Gasteiger partial charge in [0.05, 0.1) is 0 Å². The highest BCUT2D eigenvalue weighted by Gasteiger charge is 2.21. The Morgan fingerprint density at radius 2 is 1.92 bits per heavy atom. The number of aryl methyl sites for hydroxylation is 1. The van der Waals surface area contributed by atoms with Gasteiger partial charge in [-0.15, -0.1) is 10.2 Å². The van der Waals surface area contributed by atoms with Crippen molar-refractivity contribution in [1.29, 1.82) is 0 Å². The summed E-state index contributed by atoms with van der Waals surface area (Å²) in [5.74, 6) is 0.461. The smallest absolute Gasteiger partial charge is 0.267 e. The normalized spacial score (nSPS) is 11.8. The van der Waals surface area contributed by atoms with Gasteiger partial charge in [0.2, 0.25) is 5.13 Å². The predicted molar refractivity (Wildman–Crippen MR) is 105 cm³/mol. The van der Waals surface area contributed by atoms with Crippen molar-refractivity contribution in [3.05, 3.63) is 59.1 Å². The number of halogens is 1. The summed E-state index contributed by atoms with van der Waals surface area (Å²) in [4.78, 5) is 12.5. The molecule has 0 spiro atoms. The zero-order chi connectivity index (χ0) is 18.5. The van der Waals surface area contributed by atoms with Gasteiger partial charge in [0.25, 0.3) is 5.91 Å². The fraction of sp³-hybridized carbons (Fsp3) is 0.211. The number of ether oxygens (including phenoxy) is 1. The quantitative estimate of drug-likeness (QED) is 0.649. The minimum absolute atomic E-state index is 0.241. The number of benzene rings is 2. The second kappa shape index (κ2) is 8.29. The Morgan fingerprint density at radius 3 is 2.62 bits per heavy atom. The number of hydrogen-bond donors (Lipinski definition) is 1. The van der Waals surface area contributed by atoms with Crippen LogP contribution in [-0.2, 0) is 4.79 Å². The number of nitrogens with one attached hydrogen (secondary N) is 1. The molecule has 0 bridgehead atoms. The molecule has 1 aromatic heterocycles.